The largest absolute Gasteiger partial charge is 0.548 e. The minimum absolute atomic E-state index is 0.193. The van der Waals surface area contributed by atoms with Gasteiger partial charge in [-0.15, -0.1) is 0 Å². The van der Waals surface area contributed by atoms with Crippen molar-refractivity contribution in [1.82, 2.24) is 4.90 Å². The van der Waals surface area contributed by atoms with Crippen LogP contribution in [-0.4, -0.2) is 34.2 Å². The van der Waals surface area contributed by atoms with E-state index in [9.17, 15) is 14.7 Å². The van der Waals surface area contributed by atoms with E-state index in [4.69, 9.17) is 21.7 Å². The Morgan fingerprint density at radius 2 is 1.93 bits per heavy atom. The van der Waals surface area contributed by atoms with Gasteiger partial charge in [0.15, 0.2) is 11.5 Å². The summed E-state index contributed by atoms with van der Waals surface area (Å²) in [5.74, 6) is -0.660. The lowest BCUT2D eigenvalue weighted by molar-refractivity contribution is -0.305. The van der Waals surface area contributed by atoms with Crippen LogP contribution in [0.3, 0.4) is 0 Å². The van der Waals surface area contributed by atoms with Crippen molar-refractivity contribution in [2.45, 2.75) is 13.5 Å². The van der Waals surface area contributed by atoms with Crippen LogP contribution in [-0.2, 0) is 16.2 Å². The zero-order valence-corrected chi connectivity index (χ0v) is 17.3. The molecule has 2 aromatic rings. The molecule has 29 heavy (non-hydrogen) atoms. The Morgan fingerprint density at radius 3 is 2.62 bits per heavy atom. The van der Waals surface area contributed by atoms with E-state index in [0.717, 1.165) is 27.8 Å². The lowest BCUT2D eigenvalue weighted by Gasteiger charge is -2.14. The molecule has 0 atom stereocenters. The molecule has 8 heteroatoms. The van der Waals surface area contributed by atoms with Crippen LogP contribution in [0.1, 0.15) is 18.1 Å². The van der Waals surface area contributed by atoms with Gasteiger partial charge in [0.2, 0.25) is 0 Å². The summed E-state index contributed by atoms with van der Waals surface area (Å²) in [4.78, 5) is 24.6. The summed E-state index contributed by atoms with van der Waals surface area (Å²) in [6, 6.07) is 15.1. The topological polar surface area (TPSA) is 78.9 Å². The number of ether oxygens (including phenoxy) is 2. The number of carbonyl (C=O) groups excluding carboxylic acids is 2. The quantitative estimate of drug-likeness (QED) is 0.472. The van der Waals surface area contributed by atoms with Crippen molar-refractivity contribution >= 4 is 46.3 Å². The fourth-order valence-electron chi connectivity index (χ4n) is 2.65. The van der Waals surface area contributed by atoms with Crippen molar-refractivity contribution < 1.29 is 24.2 Å². The van der Waals surface area contributed by atoms with Crippen LogP contribution in [0.2, 0.25) is 0 Å². The van der Waals surface area contributed by atoms with Gasteiger partial charge < -0.3 is 19.4 Å². The zero-order valence-electron chi connectivity index (χ0n) is 15.6. The number of thiocarbonyl (C=S) groups is 1. The maximum Gasteiger partial charge on any atom is 0.266 e. The predicted molar refractivity (Wildman–Crippen MR) is 113 cm³/mol. The summed E-state index contributed by atoms with van der Waals surface area (Å²) in [6.07, 6.45) is 1.65. The van der Waals surface area contributed by atoms with Gasteiger partial charge >= 0.3 is 0 Å². The molecule has 2 aromatic carbocycles. The lowest BCUT2D eigenvalue weighted by Crippen LogP contribution is -2.40. The van der Waals surface area contributed by atoms with E-state index in [2.05, 4.69) is 0 Å². The molecule has 0 bridgehead atoms. The highest BCUT2D eigenvalue weighted by atomic mass is 32.2. The first-order chi connectivity index (χ1) is 14.0. The summed E-state index contributed by atoms with van der Waals surface area (Å²) < 4.78 is 11.8. The number of rotatable bonds is 8. The lowest BCUT2D eigenvalue weighted by atomic mass is 10.1. The number of hydrogen-bond donors (Lipinski definition) is 0. The third-order valence-corrected chi connectivity index (χ3v) is 5.34. The normalized spacial score (nSPS) is 15.1. The molecule has 0 unspecified atom stereocenters. The zero-order chi connectivity index (χ0) is 20.8. The first kappa shape index (κ1) is 20.9. The van der Waals surface area contributed by atoms with Crippen molar-refractivity contribution in [3.05, 3.63) is 64.6 Å². The Morgan fingerprint density at radius 1 is 1.17 bits per heavy atom. The molecule has 6 nitrogen and oxygen atoms in total. The molecule has 1 aliphatic heterocycles. The third kappa shape index (κ3) is 5.36. The summed E-state index contributed by atoms with van der Waals surface area (Å²) in [5.41, 5.74) is 1.75. The second kappa shape index (κ2) is 9.58. The van der Waals surface area contributed by atoms with E-state index in [1.165, 1.54) is 0 Å². The van der Waals surface area contributed by atoms with Crippen molar-refractivity contribution in [3.8, 4) is 11.5 Å². The summed E-state index contributed by atoms with van der Waals surface area (Å²) >= 11 is 6.15. The van der Waals surface area contributed by atoms with E-state index >= 15 is 0 Å². The third-order valence-electron chi connectivity index (χ3n) is 3.96. The van der Waals surface area contributed by atoms with Gasteiger partial charge in [0.1, 0.15) is 10.9 Å². The molecule has 0 spiro atoms. The Kier molecular flexibility index (Phi) is 6.90. The summed E-state index contributed by atoms with van der Waals surface area (Å²) in [7, 11) is 0. The van der Waals surface area contributed by atoms with Crippen molar-refractivity contribution in [2.24, 2.45) is 0 Å². The monoisotopic (exact) mass is 428 g/mol. The molecule has 0 N–H and O–H groups in total. The number of hydrogen-bond acceptors (Lipinski definition) is 7. The molecular weight excluding hydrogens is 410 g/mol. The van der Waals surface area contributed by atoms with Gasteiger partial charge in [-0.1, -0.05) is 60.4 Å². The first-order valence-electron chi connectivity index (χ1n) is 8.86. The summed E-state index contributed by atoms with van der Waals surface area (Å²) in [6.45, 7) is 2.18. The van der Waals surface area contributed by atoms with Gasteiger partial charge in [0.05, 0.1) is 24.0 Å². The molecule has 0 saturated carbocycles. The number of benzene rings is 2. The number of carboxylic acids is 1. The van der Waals surface area contributed by atoms with Gasteiger partial charge in [0, 0.05) is 0 Å². The minimum Gasteiger partial charge on any atom is -0.548 e. The second-order valence-electron chi connectivity index (χ2n) is 6.05. The van der Waals surface area contributed by atoms with Gasteiger partial charge in [-0.3, -0.25) is 9.69 Å². The van der Waals surface area contributed by atoms with E-state index in [-0.39, 0.29) is 4.32 Å². The van der Waals surface area contributed by atoms with E-state index < -0.39 is 18.4 Å². The number of carbonyl (C=O) groups is 2. The number of thioether (sulfide) groups is 1. The van der Waals surface area contributed by atoms with E-state index in [1.54, 1.807) is 24.3 Å². The van der Waals surface area contributed by atoms with Gasteiger partial charge in [-0.2, -0.15) is 0 Å². The fourth-order valence-corrected chi connectivity index (χ4v) is 3.91. The SMILES string of the molecule is CCOc1cc(/C=C2/SC(=S)N(CC(=O)[O-])C2=O)ccc1OCc1ccccc1. The van der Waals surface area contributed by atoms with Crippen molar-refractivity contribution in [1.29, 1.82) is 0 Å². The molecule has 1 heterocycles. The van der Waals surface area contributed by atoms with Gasteiger partial charge in [-0.25, -0.2) is 0 Å². The maximum atomic E-state index is 12.4. The Labute approximate surface area is 178 Å². The molecule has 1 aliphatic rings. The average Bonchev–Trinajstić information content (AvgIpc) is 2.95. The molecule has 3 rings (SSSR count). The van der Waals surface area contributed by atoms with Crippen LogP contribution < -0.4 is 14.6 Å². The second-order valence-corrected chi connectivity index (χ2v) is 7.73. The summed E-state index contributed by atoms with van der Waals surface area (Å²) in [5, 5.41) is 10.8. The Bertz CT molecular complexity index is 959. The van der Waals surface area contributed by atoms with Crippen LogP contribution in [0.5, 0.6) is 11.5 Å². The molecule has 0 aromatic heterocycles. The van der Waals surface area contributed by atoms with Gasteiger partial charge in [0.25, 0.3) is 5.91 Å². The highest BCUT2D eigenvalue weighted by molar-refractivity contribution is 8.26. The predicted octanol–water partition coefficient (Wildman–Crippen LogP) is 2.62. The molecule has 1 fully saturated rings. The first-order valence-corrected chi connectivity index (χ1v) is 10.1. The molecule has 1 saturated heterocycles. The fraction of sp³-hybridized carbons (Fsp3) is 0.190. The molecule has 0 aliphatic carbocycles. The molecular formula is C21H18NO5S2-. The molecule has 0 radical (unpaired) electrons. The van der Waals surface area contributed by atoms with Crippen LogP contribution in [0, 0.1) is 0 Å². The maximum absolute atomic E-state index is 12.4. The average molecular weight is 429 g/mol. The standard InChI is InChI=1S/C21H19NO5S2/c1-2-26-17-10-15(8-9-16(17)27-13-14-6-4-3-5-7-14)11-18-20(25)22(12-19(23)24)21(28)29-18/h3-11H,2,12-13H2,1H3,(H,23,24)/p-1/b18-11+. The van der Waals surface area contributed by atoms with Gasteiger partial charge in [-0.05, 0) is 36.3 Å². The van der Waals surface area contributed by atoms with E-state index in [1.807, 2.05) is 37.3 Å². The van der Waals surface area contributed by atoms with Crippen LogP contribution in [0.25, 0.3) is 6.08 Å². The molecule has 150 valence electrons. The van der Waals surface area contributed by atoms with Crippen LogP contribution >= 0.6 is 24.0 Å². The van der Waals surface area contributed by atoms with E-state index in [0.29, 0.717) is 29.6 Å². The van der Waals surface area contributed by atoms with Crippen LogP contribution in [0.15, 0.2) is 53.4 Å². The smallest absolute Gasteiger partial charge is 0.266 e. The Balaban J connectivity index is 1.79. The number of nitrogens with zero attached hydrogens (tertiary/aromatic N) is 1. The molecule has 1 amide bonds. The number of carboxylic acid groups (broad SMARTS) is 1. The van der Waals surface area contributed by atoms with Crippen molar-refractivity contribution in [2.75, 3.05) is 13.2 Å². The Hall–Kier alpha value is -2.84. The highest BCUT2D eigenvalue weighted by Gasteiger charge is 2.31. The number of aliphatic carboxylic acids is 1. The van der Waals surface area contributed by atoms with Crippen molar-refractivity contribution in [3.63, 3.8) is 0 Å². The number of amides is 1. The van der Waals surface area contributed by atoms with Crippen LogP contribution in [0.4, 0.5) is 0 Å². The minimum atomic E-state index is -1.36. The highest BCUT2D eigenvalue weighted by Crippen LogP contribution is 2.35.